The van der Waals surface area contributed by atoms with E-state index in [1.165, 1.54) is 18.4 Å². The highest BCUT2D eigenvalue weighted by Crippen LogP contribution is 2.33. The van der Waals surface area contributed by atoms with Gasteiger partial charge in [0.2, 0.25) is 12.7 Å². The third-order valence-electron chi connectivity index (χ3n) is 6.53. The van der Waals surface area contributed by atoms with Crippen LogP contribution in [-0.4, -0.2) is 66.9 Å². The van der Waals surface area contributed by atoms with Crippen molar-refractivity contribution in [1.82, 2.24) is 20.1 Å². The monoisotopic (exact) mass is 546 g/mol. The van der Waals surface area contributed by atoms with Gasteiger partial charge in [0.1, 0.15) is 6.26 Å². The Labute approximate surface area is 223 Å². The molecule has 1 aromatic heterocycles. The molecule has 1 amide bonds. The van der Waals surface area contributed by atoms with Crippen molar-refractivity contribution >= 4 is 5.91 Å². The predicted molar refractivity (Wildman–Crippen MR) is 133 cm³/mol. The summed E-state index contributed by atoms with van der Waals surface area (Å²) in [6.07, 6.45) is -3.19. The summed E-state index contributed by atoms with van der Waals surface area (Å²) in [6, 6.07) is 10.6. The second-order valence-corrected chi connectivity index (χ2v) is 9.36. The summed E-state index contributed by atoms with van der Waals surface area (Å²) in [7, 11) is 0. The second-order valence-electron chi connectivity index (χ2n) is 9.36. The zero-order valence-corrected chi connectivity index (χ0v) is 21.2. The van der Waals surface area contributed by atoms with E-state index in [4.69, 9.17) is 18.6 Å². The molecule has 0 radical (unpaired) electrons. The Kier molecular flexibility index (Phi) is 8.34. The van der Waals surface area contributed by atoms with Gasteiger partial charge in [0.05, 0.1) is 25.3 Å². The molecule has 2 aromatic carbocycles. The first-order valence-corrected chi connectivity index (χ1v) is 12.6. The third kappa shape index (κ3) is 7.28. The molecule has 0 unspecified atom stereocenters. The summed E-state index contributed by atoms with van der Waals surface area (Å²) in [6.45, 7) is 5.81. The highest BCUT2D eigenvalue weighted by Gasteiger charge is 2.30. The first kappa shape index (κ1) is 27.0. The minimum atomic E-state index is -4.45. The van der Waals surface area contributed by atoms with E-state index in [0.29, 0.717) is 49.3 Å². The standard InChI is InChI=1S/C27H29F3N4O5/c28-27(29,30)21-3-1-2-19(12-21)14-31-26(35)22-17-37-25(32-22)16-34(7-6-33-8-10-36-11-9-33)15-20-4-5-23-24(13-20)39-18-38-23/h1-5,12-13,17H,6-11,14-16,18H2,(H,31,35). The van der Waals surface area contributed by atoms with Gasteiger partial charge < -0.3 is 23.9 Å². The Hall–Kier alpha value is -3.61. The summed E-state index contributed by atoms with van der Waals surface area (Å²) in [5.74, 6) is 1.25. The fraction of sp³-hybridized carbons (Fsp3) is 0.407. The van der Waals surface area contributed by atoms with E-state index in [2.05, 4.69) is 20.1 Å². The maximum atomic E-state index is 13.0. The van der Waals surface area contributed by atoms with Crippen LogP contribution in [-0.2, 0) is 30.5 Å². The van der Waals surface area contributed by atoms with Gasteiger partial charge in [-0.3, -0.25) is 14.6 Å². The highest BCUT2D eigenvalue weighted by atomic mass is 19.4. The van der Waals surface area contributed by atoms with Crippen molar-refractivity contribution in [3.8, 4) is 11.5 Å². The number of nitrogens with one attached hydrogen (secondary N) is 1. The van der Waals surface area contributed by atoms with Crippen LogP contribution in [0.1, 0.15) is 33.1 Å². The van der Waals surface area contributed by atoms with Gasteiger partial charge >= 0.3 is 6.18 Å². The Balaban J connectivity index is 1.21. The van der Waals surface area contributed by atoms with Crippen LogP contribution in [0.25, 0.3) is 0 Å². The van der Waals surface area contributed by atoms with Crippen molar-refractivity contribution in [2.75, 3.05) is 46.2 Å². The van der Waals surface area contributed by atoms with Crippen molar-refractivity contribution in [2.45, 2.75) is 25.8 Å². The number of carbonyl (C=O) groups excluding carboxylic acids is 1. The lowest BCUT2D eigenvalue weighted by molar-refractivity contribution is -0.137. The molecule has 3 heterocycles. The zero-order valence-electron chi connectivity index (χ0n) is 21.2. The minimum Gasteiger partial charge on any atom is -0.454 e. The molecule has 0 spiro atoms. The van der Waals surface area contributed by atoms with Gasteiger partial charge in [0.15, 0.2) is 17.2 Å². The molecule has 0 saturated carbocycles. The van der Waals surface area contributed by atoms with Crippen molar-refractivity contribution in [3.63, 3.8) is 0 Å². The molecular weight excluding hydrogens is 517 g/mol. The summed E-state index contributed by atoms with van der Waals surface area (Å²) in [5.41, 5.74) is 0.664. The van der Waals surface area contributed by atoms with E-state index in [9.17, 15) is 18.0 Å². The molecule has 12 heteroatoms. The van der Waals surface area contributed by atoms with Gasteiger partial charge in [-0.25, -0.2) is 4.98 Å². The average Bonchev–Trinajstić information content (AvgIpc) is 3.60. The SMILES string of the molecule is O=C(NCc1cccc(C(F)(F)F)c1)c1coc(CN(CCN2CCOCC2)Cc2ccc3c(c2)OCO3)n1. The lowest BCUT2D eigenvalue weighted by atomic mass is 10.1. The molecule has 1 N–H and O–H groups in total. The number of carbonyl (C=O) groups is 1. The summed E-state index contributed by atoms with van der Waals surface area (Å²) < 4.78 is 60.8. The number of halogens is 3. The van der Waals surface area contributed by atoms with Crippen molar-refractivity contribution in [1.29, 1.82) is 0 Å². The van der Waals surface area contributed by atoms with Crippen LogP contribution in [0.2, 0.25) is 0 Å². The van der Waals surface area contributed by atoms with Crippen LogP contribution in [0.3, 0.4) is 0 Å². The number of aromatic nitrogens is 1. The van der Waals surface area contributed by atoms with Gasteiger partial charge in [0.25, 0.3) is 5.91 Å². The Morgan fingerprint density at radius 2 is 1.85 bits per heavy atom. The smallest absolute Gasteiger partial charge is 0.416 e. The molecule has 3 aromatic rings. The molecule has 1 fully saturated rings. The largest absolute Gasteiger partial charge is 0.454 e. The van der Waals surface area contributed by atoms with Crippen LogP contribution in [0.15, 0.2) is 53.1 Å². The molecule has 9 nitrogen and oxygen atoms in total. The second kappa shape index (κ2) is 12.1. The first-order valence-electron chi connectivity index (χ1n) is 12.6. The molecule has 39 heavy (non-hydrogen) atoms. The molecule has 2 aliphatic heterocycles. The number of fused-ring (bicyclic) bond motifs is 1. The van der Waals surface area contributed by atoms with E-state index in [1.54, 1.807) is 0 Å². The van der Waals surface area contributed by atoms with E-state index >= 15 is 0 Å². The number of rotatable bonds is 10. The number of oxazole rings is 1. The van der Waals surface area contributed by atoms with Crippen LogP contribution < -0.4 is 14.8 Å². The summed E-state index contributed by atoms with van der Waals surface area (Å²) >= 11 is 0. The Bertz CT molecular complexity index is 1280. The van der Waals surface area contributed by atoms with Gasteiger partial charge in [-0.2, -0.15) is 13.2 Å². The zero-order chi connectivity index (χ0) is 27.2. The Morgan fingerprint density at radius 3 is 2.67 bits per heavy atom. The fourth-order valence-electron chi connectivity index (χ4n) is 4.43. The topological polar surface area (TPSA) is 89.3 Å². The molecule has 1 saturated heterocycles. The van der Waals surface area contributed by atoms with E-state index in [-0.39, 0.29) is 19.0 Å². The molecule has 208 valence electrons. The molecular formula is C27H29F3N4O5. The van der Waals surface area contributed by atoms with Gasteiger partial charge in [-0.15, -0.1) is 0 Å². The molecule has 2 aliphatic rings. The number of benzene rings is 2. The van der Waals surface area contributed by atoms with Crippen molar-refractivity contribution < 1.29 is 36.6 Å². The average molecular weight is 547 g/mol. The quantitative estimate of drug-likeness (QED) is 0.412. The number of nitrogens with zero attached hydrogens (tertiary/aromatic N) is 3. The number of hydrogen-bond acceptors (Lipinski definition) is 8. The lowest BCUT2D eigenvalue weighted by Gasteiger charge is -2.29. The van der Waals surface area contributed by atoms with Gasteiger partial charge in [-0.1, -0.05) is 18.2 Å². The first-order chi connectivity index (χ1) is 18.8. The number of hydrogen-bond donors (Lipinski definition) is 1. The normalized spacial score (nSPS) is 15.6. The van der Waals surface area contributed by atoms with Crippen LogP contribution in [0.4, 0.5) is 13.2 Å². The van der Waals surface area contributed by atoms with Crippen LogP contribution in [0.5, 0.6) is 11.5 Å². The van der Waals surface area contributed by atoms with Crippen molar-refractivity contribution in [3.05, 3.63) is 77.0 Å². The minimum absolute atomic E-state index is 0.0631. The highest BCUT2D eigenvalue weighted by molar-refractivity contribution is 5.91. The van der Waals surface area contributed by atoms with E-state index < -0.39 is 17.6 Å². The number of morpholine rings is 1. The molecule has 5 rings (SSSR count). The van der Waals surface area contributed by atoms with Crippen LogP contribution in [0, 0.1) is 0 Å². The molecule has 0 bridgehead atoms. The van der Waals surface area contributed by atoms with Crippen molar-refractivity contribution in [2.24, 2.45) is 0 Å². The third-order valence-corrected chi connectivity index (χ3v) is 6.53. The van der Waals surface area contributed by atoms with Gasteiger partial charge in [0, 0.05) is 39.3 Å². The van der Waals surface area contributed by atoms with Crippen LogP contribution >= 0.6 is 0 Å². The Morgan fingerprint density at radius 1 is 1.03 bits per heavy atom. The summed E-state index contributed by atoms with van der Waals surface area (Å²) in [4.78, 5) is 21.5. The van der Waals surface area contributed by atoms with Gasteiger partial charge in [-0.05, 0) is 35.4 Å². The molecule has 0 aliphatic carbocycles. The molecule has 0 atom stereocenters. The number of alkyl halides is 3. The lowest BCUT2D eigenvalue weighted by Crippen LogP contribution is -2.41. The van der Waals surface area contributed by atoms with E-state index in [0.717, 1.165) is 43.9 Å². The summed E-state index contributed by atoms with van der Waals surface area (Å²) in [5, 5.41) is 2.61. The fourth-order valence-corrected chi connectivity index (χ4v) is 4.43. The maximum Gasteiger partial charge on any atom is 0.416 e. The van der Waals surface area contributed by atoms with E-state index in [1.807, 2.05) is 18.2 Å². The number of ether oxygens (including phenoxy) is 3. The maximum absolute atomic E-state index is 13.0. The predicted octanol–water partition coefficient (Wildman–Crippen LogP) is 3.69. The number of amides is 1.